The molecule has 0 aromatic heterocycles. The predicted octanol–water partition coefficient (Wildman–Crippen LogP) is 2.33. The van der Waals surface area contributed by atoms with Gasteiger partial charge in [-0.2, -0.15) is 0 Å². The van der Waals surface area contributed by atoms with Crippen molar-refractivity contribution in [3.8, 4) is 5.75 Å². The maximum Gasteiger partial charge on any atom is 0.292 e. The summed E-state index contributed by atoms with van der Waals surface area (Å²) >= 11 is 0. The highest BCUT2D eigenvalue weighted by Gasteiger charge is 2.23. The van der Waals surface area contributed by atoms with E-state index in [-0.39, 0.29) is 6.04 Å². The maximum absolute atomic E-state index is 12.1. The average molecular weight is 261 g/mol. The molecule has 0 spiro atoms. The molecule has 0 radical (unpaired) electrons. The number of para-hydroxylation sites is 1. The molecule has 0 unspecified atom stereocenters. The zero-order valence-corrected chi connectivity index (χ0v) is 11.1. The molecule has 4 heteroatoms. The minimum absolute atomic E-state index is 0.139. The summed E-state index contributed by atoms with van der Waals surface area (Å²) in [6, 6.07) is 6.93. The van der Waals surface area contributed by atoms with E-state index in [1.807, 2.05) is 0 Å². The van der Waals surface area contributed by atoms with Crippen molar-refractivity contribution in [1.82, 2.24) is 5.32 Å². The third kappa shape index (κ3) is 3.34. The van der Waals surface area contributed by atoms with Crippen LogP contribution in [-0.2, 0) is 4.79 Å². The number of ether oxygens (including phenoxy) is 1. The molecular weight excluding hydrogens is 242 g/mol. The summed E-state index contributed by atoms with van der Waals surface area (Å²) in [5, 5.41) is 2.82. The Bertz CT molecular complexity index is 464. The number of hydrogen-bond donors (Lipinski definition) is 1. The second-order valence-electron chi connectivity index (χ2n) is 4.84. The van der Waals surface area contributed by atoms with Gasteiger partial charge < -0.3 is 10.1 Å². The van der Waals surface area contributed by atoms with Crippen LogP contribution in [0.1, 0.15) is 42.5 Å². The number of methoxy groups -OCH3 is 1. The topological polar surface area (TPSA) is 55.4 Å². The van der Waals surface area contributed by atoms with Gasteiger partial charge in [0.15, 0.2) is 0 Å². The highest BCUT2D eigenvalue weighted by Crippen LogP contribution is 2.20. The molecule has 1 aromatic rings. The average Bonchev–Trinajstić information content (AvgIpc) is 2.47. The number of nitrogens with one attached hydrogen (secondary N) is 1. The Morgan fingerprint density at radius 3 is 2.53 bits per heavy atom. The second kappa shape index (κ2) is 6.36. The molecule has 0 aliphatic heterocycles. The van der Waals surface area contributed by atoms with Crippen molar-refractivity contribution >= 4 is 11.7 Å². The van der Waals surface area contributed by atoms with E-state index in [4.69, 9.17) is 4.74 Å². The molecule has 2 rings (SSSR count). The van der Waals surface area contributed by atoms with E-state index >= 15 is 0 Å². The lowest BCUT2D eigenvalue weighted by Gasteiger charge is -2.22. The van der Waals surface area contributed by atoms with Crippen LogP contribution in [0.2, 0.25) is 0 Å². The van der Waals surface area contributed by atoms with Crippen LogP contribution in [0.3, 0.4) is 0 Å². The fraction of sp³-hybridized carbons (Fsp3) is 0.467. The van der Waals surface area contributed by atoms with Crippen molar-refractivity contribution in [2.75, 3.05) is 7.11 Å². The van der Waals surface area contributed by atoms with Crippen LogP contribution in [0.5, 0.6) is 5.75 Å². The smallest absolute Gasteiger partial charge is 0.292 e. The third-order valence-corrected chi connectivity index (χ3v) is 3.50. The Hall–Kier alpha value is -1.84. The molecule has 1 fully saturated rings. The number of rotatable bonds is 4. The summed E-state index contributed by atoms with van der Waals surface area (Å²) < 4.78 is 5.11. The number of hydrogen-bond acceptors (Lipinski definition) is 3. The Balaban J connectivity index is 2.04. The molecule has 19 heavy (non-hydrogen) atoms. The first-order chi connectivity index (χ1) is 9.22. The van der Waals surface area contributed by atoms with Crippen LogP contribution in [0, 0.1) is 0 Å². The molecule has 0 bridgehead atoms. The summed E-state index contributed by atoms with van der Waals surface area (Å²) in [5.74, 6) is -0.620. The van der Waals surface area contributed by atoms with E-state index in [1.165, 1.54) is 13.5 Å². The largest absolute Gasteiger partial charge is 0.496 e. The Morgan fingerprint density at radius 1 is 1.16 bits per heavy atom. The minimum Gasteiger partial charge on any atom is -0.496 e. The summed E-state index contributed by atoms with van der Waals surface area (Å²) in [5.41, 5.74) is 0.318. The molecule has 0 atom stereocenters. The number of carbonyl (C=O) groups is 2. The van der Waals surface area contributed by atoms with E-state index in [9.17, 15) is 9.59 Å². The van der Waals surface area contributed by atoms with Gasteiger partial charge in [-0.15, -0.1) is 0 Å². The summed E-state index contributed by atoms with van der Waals surface area (Å²) in [6.07, 6.45) is 5.38. The number of ketones is 1. The Labute approximate surface area is 113 Å². The van der Waals surface area contributed by atoms with Crippen LogP contribution >= 0.6 is 0 Å². The first kappa shape index (κ1) is 13.6. The van der Waals surface area contributed by atoms with Crippen molar-refractivity contribution in [1.29, 1.82) is 0 Å². The van der Waals surface area contributed by atoms with Gasteiger partial charge in [0.2, 0.25) is 0 Å². The molecule has 1 aliphatic rings. The fourth-order valence-corrected chi connectivity index (χ4v) is 2.45. The number of Topliss-reactive ketones (excluding diaryl/α,β-unsaturated/α-hetero) is 1. The van der Waals surface area contributed by atoms with Crippen molar-refractivity contribution in [3.63, 3.8) is 0 Å². The van der Waals surface area contributed by atoms with Gasteiger partial charge in [-0.3, -0.25) is 9.59 Å². The van der Waals surface area contributed by atoms with Crippen LogP contribution in [-0.4, -0.2) is 24.8 Å². The number of benzene rings is 1. The normalized spacial score (nSPS) is 15.8. The van der Waals surface area contributed by atoms with Gasteiger partial charge in [-0.25, -0.2) is 0 Å². The van der Waals surface area contributed by atoms with E-state index in [0.717, 1.165) is 25.7 Å². The lowest BCUT2D eigenvalue weighted by Crippen LogP contribution is -2.40. The summed E-state index contributed by atoms with van der Waals surface area (Å²) in [7, 11) is 1.49. The Morgan fingerprint density at radius 2 is 1.84 bits per heavy atom. The van der Waals surface area contributed by atoms with Crippen LogP contribution in [0.4, 0.5) is 0 Å². The third-order valence-electron chi connectivity index (χ3n) is 3.50. The van der Waals surface area contributed by atoms with Crippen molar-refractivity contribution in [2.24, 2.45) is 0 Å². The van der Waals surface area contributed by atoms with Crippen molar-refractivity contribution in [3.05, 3.63) is 29.8 Å². The predicted molar refractivity (Wildman–Crippen MR) is 72.3 cm³/mol. The summed E-state index contributed by atoms with van der Waals surface area (Å²) in [6.45, 7) is 0. The molecule has 0 heterocycles. The van der Waals surface area contributed by atoms with Gasteiger partial charge in [0, 0.05) is 6.04 Å². The number of carbonyl (C=O) groups excluding carboxylic acids is 2. The van der Waals surface area contributed by atoms with E-state index < -0.39 is 11.7 Å². The Kier molecular flexibility index (Phi) is 4.55. The van der Waals surface area contributed by atoms with Gasteiger partial charge in [-0.1, -0.05) is 31.4 Å². The molecule has 1 saturated carbocycles. The van der Waals surface area contributed by atoms with E-state index in [0.29, 0.717) is 11.3 Å². The first-order valence-electron chi connectivity index (χ1n) is 6.70. The number of amides is 1. The lowest BCUT2D eigenvalue weighted by molar-refractivity contribution is -0.117. The lowest BCUT2D eigenvalue weighted by atomic mass is 9.95. The van der Waals surface area contributed by atoms with Crippen LogP contribution in [0.25, 0.3) is 0 Å². The fourth-order valence-electron chi connectivity index (χ4n) is 2.45. The first-order valence-corrected chi connectivity index (χ1v) is 6.70. The summed E-state index contributed by atoms with van der Waals surface area (Å²) in [4.78, 5) is 24.1. The van der Waals surface area contributed by atoms with Gasteiger partial charge in [0.25, 0.3) is 11.7 Å². The zero-order valence-electron chi connectivity index (χ0n) is 11.1. The molecule has 1 N–H and O–H groups in total. The quantitative estimate of drug-likeness (QED) is 0.668. The maximum atomic E-state index is 12.1. The van der Waals surface area contributed by atoms with Gasteiger partial charge in [0.05, 0.1) is 12.7 Å². The SMILES string of the molecule is COc1ccccc1C(=O)C(=O)NC1CCCCC1. The van der Waals surface area contributed by atoms with Crippen molar-refractivity contribution < 1.29 is 14.3 Å². The molecule has 102 valence electrons. The van der Waals surface area contributed by atoms with Gasteiger partial charge in [-0.05, 0) is 25.0 Å². The van der Waals surface area contributed by atoms with E-state index in [2.05, 4.69) is 5.32 Å². The molecule has 4 nitrogen and oxygen atoms in total. The van der Waals surface area contributed by atoms with Gasteiger partial charge in [0.1, 0.15) is 5.75 Å². The minimum atomic E-state index is -0.531. The zero-order chi connectivity index (χ0) is 13.7. The van der Waals surface area contributed by atoms with Crippen LogP contribution < -0.4 is 10.1 Å². The molecule has 0 saturated heterocycles. The second-order valence-corrected chi connectivity index (χ2v) is 4.84. The molecular formula is C15H19NO3. The van der Waals surface area contributed by atoms with Crippen LogP contribution in [0.15, 0.2) is 24.3 Å². The molecule has 1 aromatic carbocycles. The van der Waals surface area contributed by atoms with Gasteiger partial charge >= 0.3 is 0 Å². The molecule has 1 amide bonds. The van der Waals surface area contributed by atoms with Crippen molar-refractivity contribution in [2.45, 2.75) is 38.1 Å². The van der Waals surface area contributed by atoms with E-state index in [1.54, 1.807) is 24.3 Å². The molecule has 1 aliphatic carbocycles. The standard InChI is InChI=1S/C15H19NO3/c1-19-13-10-6-5-9-12(13)14(17)15(18)16-11-7-3-2-4-8-11/h5-6,9-11H,2-4,7-8H2,1H3,(H,16,18). The highest BCUT2D eigenvalue weighted by atomic mass is 16.5. The monoisotopic (exact) mass is 261 g/mol. The highest BCUT2D eigenvalue weighted by molar-refractivity contribution is 6.43.